The van der Waals surface area contributed by atoms with E-state index < -0.39 is 17.6 Å². The largest absolute Gasteiger partial charge is 0.461 e. The molecule has 0 amide bonds. The zero-order chi connectivity index (χ0) is 17.3. The Kier molecular flexibility index (Phi) is 4.16. The fourth-order valence-corrected chi connectivity index (χ4v) is 2.63. The molecule has 4 nitrogen and oxygen atoms in total. The molecule has 122 valence electrons. The van der Waals surface area contributed by atoms with Crippen LogP contribution in [0.5, 0.6) is 0 Å². The minimum absolute atomic E-state index is 0.123. The third-order valence-corrected chi connectivity index (χ3v) is 3.79. The zero-order valence-electron chi connectivity index (χ0n) is 13.4. The second-order valence-electron chi connectivity index (χ2n) is 5.41. The van der Waals surface area contributed by atoms with Crippen LogP contribution < -0.4 is 0 Å². The molecule has 0 saturated carbocycles. The number of ketones is 1. The van der Waals surface area contributed by atoms with Gasteiger partial charge in [0.1, 0.15) is 0 Å². The van der Waals surface area contributed by atoms with Gasteiger partial charge in [-0.05, 0) is 26.0 Å². The van der Waals surface area contributed by atoms with Gasteiger partial charge in [-0.15, -0.1) is 0 Å². The number of pyridine rings is 1. The van der Waals surface area contributed by atoms with Crippen molar-refractivity contribution in [2.24, 2.45) is 0 Å². The Morgan fingerprint density at radius 1 is 1.12 bits per heavy atom. The first-order valence-corrected chi connectivity index (χ1v) is 7.61. The van der Waals surface area contributed by atoms with Crippen LogP contribution in [-0.2, 0) is 4.74 Å². The summed E-state index contributed by atoms with van der Waals surface area (Å²) >= 11 is 0. The summed E-state index contributed by atoms with van der Waals surface area (Å²) < 4.78 is 21.2. The summed E-state index contributed by atoms with van der Waals surface area (Å²) in [6.45, 7) is 3.67. The minimum atomic E-state index is -0.856. The lowest BCUT2D eigenvalue weighted by molar-refractivity contribution is 0.0513. The zero-order valence-corrected chi connectivity index (χ0v) is 13.4. The van der Waals surface area contributed by atoms with Crippen molar-refractivity contribution in [1.82, 2.24) is 4.40 Å². The number of benzene rings is 1. The Morgan fingerprint density at radius 3 is 2.50 bits per heavy atom. The molecule has 0 aliphatic heterocycles. The Bertz CT molecular complexity index is 926. The molecular weight excluding hydrogens is 309 g/mol. The molecule has 0 atom stereocenters. The molecule has 3 rings (SSSR count). The molecule has 0 fully saturated rings. The van der Waals surface area contributed by atoms with Crippen LogP contribution in [0.4, 0.5) is 4.39 Å². The molecule has 0 saturated heterocycles. The number of aromatic nitrogens is 1. The molecule has 0 aliphatic carbocycles. The molecule has 0 unspecified atom stereocenters. The number of rotatable bonds is 4. The summed E-state index contributed by atoms with van der Waals surface area (Å²) in [5.41, 5.74) is 1.32. The molecule has 2 heterocycles. The predicted molar refractivity (Wildman–Crippen MR) is 87.9 cm³/mol. The van der Waals surface area contributed by atoms with Crippen LogP contribution in [0.3, 0.4) is 0 Å². The van der Waals surface area contributed by atoms with Crippen molar-refractivity contribution in [1.29, 1.82) is 0 Å². The number of fused-ring (bicyclic) bond motifs is 1. The van der Waals surface area contributed by atoms with Crippen molar-refractivity contribution in [2.45, 2.75) is 13.8 Å². The lowest BCUT2D eigenvalue weighted by Crippen LogP contribution is -2.10. The van der Waals surface area contributed by atoms with Crippen LogP contribution in [0.2, 0.25) is 0 Å². The van der Waals surface area contributed by atoms with Crippen LogP contribution in [0.1, 0.15) is 38.9 Å². The fourth-order valence-electron chi connectivity index (χ4n) is 2.63. The highest BCUT2D eigenvalue weighted by molar-refractivity contribution is 6.15. The summed E-state index contributed by atoms with van der Waals surface area (Å²) in [7, 11) is 0. The van der Waals surface area contributed by atoms with E-state index in [0.29, 0.717) is 11.1 Å². The maximum absolute atomic E-state index is 14.9. The molecule has 0 aliphatic rings. The lowest BCUT2D eigenvalue weighted by atomic mass is 10.0. The van der Waals surface area contributed by atoms with Crippen molar-refractivity contribution >= 4 is 17.3 Å². The summed E-state index contributed by atoms with van der Waals surface area (Å²) in [5.74, 6) is -2.11. The number of halogens is 1. The van der Waals surface area contributed by atoms with Crippen molar-refractivity contribution in [3.05, 3.63) is 76.9 Å². The number of hydrogen-bond acceptors (Lipinski definition) is 3. The van der Waals surface area contributed by atoms with Gasteiger partial charge in [0.15, 0.2) is 17.3 Å². The van der Waals surface area contributed by atoms with Gasteiger partial charge < -0.3 is 9.14 Å². The van der Waals surface area contributed by atoms with E-state index in [1.807, 2.05) is 6.92 Å². The Morgan fingerprint density at radius 2 is 1.83 bits per heavy atom. The number of carbonyl (C=O) groups excluding carboxylic acids is 2. The summed E-state index contributed by atoms with van der Waals surface area (Å²) in [5, 5.41) is 0. The van der Waals surface area contributed by atoms with E-state index >= 15 is 0 Å². The standard InChI is InChI=1S/C19H16FNO3/c1-3-24-19(23)17-16(20)15(14-6-4-5-11-21(14)17)18(22)13-9-7-12(2)8-10-13/h4-11H,3H2,1-2H3. The molecule has 2 aromatic heterocycles. The van der Waals surface area contributed by atoms with Gasteiger partial charge in [0.05, 0.1) is 17.7 Å². The first kappa shape index (κ1) is 15.9. The van der Waals surface area contributed by atoms with Gasteiger partial charge in [-0.3, -0.25) is 4.79 Å². The predicted octanol–water partition coefficient (Wildman–Crippen LogP) is 3.79. The van der Waals surface area contributed by atoms with E-state index in [9.17, 15) is 14.0 Å². The second kappa shape index (κ2) is 6.28. The van der Waals surface area contributed by atoms with Gasteiger partial charge in [-0.2, -0.15) is 0 Å². The van der Waals surface area contributed by atoms with Crippen LogP contribution in [0, 0.1) is 12.7 Å². The van der Waals surface area contributed by atoms with E-state index in [1.54, 1.807) is 49.4 Å². The third-order valence-electron chi connectivity index (χ3n) is 3.79. The number of esters is 1. The minimum Gasteiger partial charge on any atom is -0.461 e. The second-order valence-corrected chi connectivity index (χ2v) is 5.41. The van der Waals surface area contributed by atoms with Crippen molar-refractivity contribution < 1.29 is 18.7 Å². The van der Waals surface area contributed by atoms with Gasteiger partial charge in [-0.1, -0.05) is 35.9 Å². The smallest absolute Gasteiger partial charge is 0.358 e. The SMILES string of the molecule is CCOC(=O)c1c(F)c(C(=O)c2ccc(C)cc2)c2ccccn12. The van der Waals surface area contributed by atoms with Crippen molar-refractivity contribution in [3.8, 4) is 0 Å². The molecular formula is C19H16FNO3. The van der Waals surface area contributed by atoms with E-state index in [-0.39, 0.29) is 17.9 Å². The number of ether oxygens (including phenoxy) is 1. The topological polar surface area (TPSA) is 47.8 Å². The molecule has 0 bridgehead atoms. The lowest BCUT2D eigenvalue weighted by Gasteiger charge is -2.02. The number of aryl methyl sites for hydroxylation is 1. The van der Waals surface area contributed by atoms with Gasteiger partial charge in [0.25, 0.3) is 0 Å². The number of nitrogens with zero attached hydrogens (tertiary/aromatic N) is 1. The van der Waals surface area contributed by atoms with E-state index in [4.69, 9.17) is 4.74 Å². The van der Waals surface area contributed by atoms with Crippen molar-refractivity contribution in [3.63, 3.8) is 0 Å². The van der Waals surface area contributed by atoms with Gasteiger partial charge in [-0.25, -0.2) is 9.18 Å². The number of carbonyl (C=O) groups is 2. The molecule has 24 heavy (non-hydrogen) atoms. The van der Waals surface area contributed by atoms with Gasteiger partial charge in [0.2, 0.25) is 0 Å². The molecule has 0 radical (unpaired) electrons. The summed E-state index contributed by atoms with van der Waals surface area (Å²) in [4.78, 5) is 24.9. The first-order valence-electron chi connectivity index (χ1n) is 7.61. The van der Waals surface area contributed by atoms with E-state index in [1.165, 1.54) is 10.6 Å². The maximum atomic E-state index is 14.9. The van der Waals surface area contributed by atoms with E-state index in [2.05, 4.69) is 0 Å². The number of hydrogen-bond donors (Lipinski definition) is 0. The maximum Gasteiger partial charge on any atom is 0.358 e. The van der Waals surface area contributed by atoms with E-state index in [0.717, 1.165) is 5.56 Å². The van der Waals surface area contributed by atoms with Gasteiger partial charge in [0, 0.05) is 11.8 Å². The molecule has 3 aromatic rings. The van der Waals surface area contributed by atoms with Crippen LogP contribution in [-0.4, -0.2) is 22.8 Å². The molecule has 0 spiro atoms. The van der Waals surface area contributed by atoms with Crippen molar-refractivity contribution in [2.75, 3.05) is 6.61 Å². The molecule has 1 aromatic carbocycles. The average Bonchev–Trinajstić information content (AvgIpc) is 2.87. The monoisotopic (exact) mass is 325 g/mol. The highest BCUT2D eigenvalue weighted by Crippen LogP contribution is 2.26. The Hall–Kier alpha value is -2.95. The normalized spacial score (nSPS) is 10.8. The van der Waals surface area contributed by atoms with Gasteiger partial charge >= 0.3 is 5.97 Å². The summed E-state index contributed by atoms with van der Waals surface area (Å²) in [6, 6.07) is 11.8. The molecule has 0 N–H and O–H groups in total. The molecule has 5 heteroatoms. The third kappa shape index (κ3) is 2.58. The van der Waals surface area contributed by atoms with Crippen LogP contribution >= 0.6 is 0 Å². The van der Waals surface area contributed by atoms with Crippen LogP contribution in [0.25, 0.3) is 5.52 Å². The Labute approximate surface area is 138 Å². The first-order chi connectivity index (χ1) is 11.5. The highest BCUT2D eigenvalue weighted by atomic mass is 19.1. The quantitative estimate of drug-likeness (QED) is 0.541. The highest BCUT2D eigenvalue weighted by Gasteiger charge is 2.28. The summed E-state index contributed by atoms with van der Waals surface area (Å²) in [6.07, 6.45) is 1.54. The fraction of sp³-hybridized carbons (Fsp3) is 0.158. The average molecular weight is 325 g/mol. The Balaban J connectivity index is 2.21. The van der Waals surface area contributed by atoms with Crippen LogP contribution in [0.15, 0.2) is 48.7 Å².